The summed E-state index contributed by atoms with van der Waals surface area (Å²) < 4.78 is 10.7. The second kappa shape index (κ2) is 59.4. The van der Waals surface area contributed by atoms with Crippen molar-refractivity contribution < 1.29 is 24.2 Å². The van der Waals surface area contributed by atoms with Crippen LogP contribution in [0, 0.1) is 0 Å². The summed E-state index contributed by atoms with van der Waals surface area (Å²) >= 11 is 0. The Morgan fingerprint density at radius 2 is 0.623 bits per heavy atom. The topological polar surface area (TPSA) is 72.8 Å². The van der Waals surface area contributed by atoms with Gasteiger partial charge in [-0.2, -0.15) is 0 Å². The van der Waals surface area contributed by atoms with E-state index in [9.17, 15) is 14.7 Å². The first-order valence-electron chi connectivity index (χ1n) is 29.6. The smallest absolute Gasteiger partial charge is 0.306 e. The van der Waals surface area contributed by atoms with Crippen LogP contribution in [0.15, 0.2) is 85.1 Å². The minimum atomic E-state index is -0.782. The fraction of sp³-hybridized carbons (Fsp3) is 0.750. The van der Waals surface area contributed by atoms with Crippen LogP contribution in [0.25, 0.3) is 0 Å². The summed E-state index contributed by atoms with van der Waals surface area (Å²) in [6, 6.07) is 0. The fourth-order valence-corrected chi connectivity index (χ4v) is 8.54. The molecule has 0 aromatic carbocycles. The summed E-state index contributed by atoms with van der Waals surface area (Å²) in [5.41, 5.74) is 0. The van der Waals surface area contributed by atoms with E-state index in [1.54, 1.807) is 0 Å². The molecule has 5 nitrogen and oxygen atoms in total. The van der Waals surface area contributed by atoms with E-state index < -0.39 is 6.10 Å². The molecule has 69 heavy (non-hydrogen) atoms. The van der Waals surface area contributed by atoms with Gasteiger partial charge in [0.2, 0.25) is 0 Å². The molecule has 0 rings (SSSR count). The normalized spacial score (nSPS) is 12.8. The van der Waals surface area contributed by atoms with Gasteiger partial charge in [-0.15, -0.1) is 0 Å². The highest BCUT2D eigenvalue weighted by atomic mass is 16.6. The third-order valence-electron chi connectivity index (χ3n) is 13.0. The second-order valence-corrected chi connectivity index (χ2v) is 19.7. The average molecular weight is 962 g/mol. The van der Waals surface area contributed by atoms with Gasteiger partial charge in [0, 0.05) is 12.8 Å². The van der Waals surface area contributed by atoms with Gasteiger partial charge in [-0.25, -0.2) is 0 Å². The number of rotatable bonds is 54. The molecule has 1 N–H and O–H groups in total. The van der Waals surface area contributed by atoms with E-state index in [1.807, 2.05) is 0 Å². The number of unbranched alkanes of at least 4 members (excludes halogenated alkanes) is 32. The number of ether oxygens (including phenoxy) is 2. The molecular weight excluding hydrogens is 849 g/mol. The molecule has 1 unspecified atom stereocenters. The maximum absolute atomic E-state index is 12.3. The van der Waals surface area contributed by atoms with Gasteiger partial charge in [-0.05, 0) is 70.6 Å². The zero-order chi connectivity index (χ0) is 49.9. The van der Waals surface area contributed by atoms with Gasteiger partial charge in [-0.3, -0.25) is 9.59 Å². The largest absolute Gasteiger partial charge is 0.462 e. The molecule has 0 fully saturated rings. The lowest BCUT2D eigenvalue weighted by Crippen LogP contribution is -2.28. The highest BCUT2D eigenvalue weighted by Gasteiger charge is 2.16. The summed E-state index contributed by atoms with van der Waals surface area (Å²) in [7, 11) is 0. The molecule has 0 saturated carbocycles. The van der Waals surface area contributed by atoms with Crippen LogP contribution < -0.4 is 0 Å². The summed E-state index contributed by atoms with van der Waals surface area (Å²) in [6.07, 6.45) is 82.8. The van der Waals surface area contributed by atoms with Gasteiger partial charge in [0.05, 0.1) is 6.61 Å². The van der Waals surface area contributed by atoms with Gasteiger partial charge >= 0.3 is 11.9 Å². The first-order valence-corrected chi connectivity index (χ1v) is 29.6. The molecule has 0 aliphatic rings. The number of carbonyl (C=O) groups is 2. The van der Waals surface area contributed by atoms with Crippen LogP contribution in [0.3, 0.4) is 0 Å². The number of aliphatic hydroxyl groups is 1. The molecule has 0 aromatic rings. The van der Waals surface area contributed by atoms with Gasteiger partial charge in [0.25, 0.3) is 0 Å². The molecule has 0 radical (unpaired) electrons. The third kappa shape index (κ3) is 57.5. The fourth-order valence-electron chi connectivity index (χ4n) is 8.54. The van der Waals surface area contributed by atoms with Crippen molar-refractivity contribution in [3.8, 4) is 0 Å². The second-order valence-electron chi connectivity index (χ2n) is 19.7. The van der Waals surface area contributed by atoms with E-state index in [2.05, 4.69) is 98.9 Å². The summed E-state index contributed by atoms with van der Waals surface area (Å²) in [4.78, 5) is 24.6. The molecule has 0 aliphatic carbocycles. The first kappa shape index (κ1) is 66.1. The Morgan fingerprint density at radius 1 is 0.348 bits per heavy atom. The zero-order valence-electron chi connectivity index (χ0n) is 45.6. The maximum atomic E-state index is 12.3. The van der Waals surface area contributed by atoms with Crippen LogP contribution >= 0.6 is 0 Å². The predicted octanol–water partition coefficient (Wildman–Crippen LogP) is 20.1. The monoisotopic (exact) mass is 961 g/mol. The molecule has 5 heteroatoms. The Morgan fingerprint density at radius 3 is 0.942 bits per heavy atom. The van der Waals surface area contributed by atoms with E-state index in [1.165, 1.54) is 173 Å². The van der Waals surface area contributed by atoms with Crippen molar-refractivity contribution in [2.24, 2.45) is 0 Å². The summed E-state index contributed by atoms with van der Waals surface area (Å²) in [5, 5.41) is 9.66. The number of carbonyl (C=O) groups excluding carboxylic acids is 2. The molecular formula is C64H112O5. The quantitative estimate of drug-likeness (QED) is 0.0374. The standard InChI is InChI=1S/C64H112O5/c1-3-5-7-9-11-13-15-17-19-21-23-25-27-29-31-32-33-35-37-39-41-43-45-47-49-51-53-55-57-59-64(67)69-62(60-65)61-68-63(66)58-56-54-52-50-48-46-44-42-40-38-36-34-30-28-26-24-22-20-18-16-14-12-10-8-6-4-2/h5,7,11,13,17,19,23,25,29,31,33,35,39,41,62,65H,3-4,6,8-10,12,14-16,18,20-22,24,26-28,30,32,34,36-38,40,42-61H2,1-2H3/b7-5-,13-11-,19-17-,25-23-,31-29-,35-33-,41-39-. The highest BCUT2D eigenvalue weighted by Crippen LogP contribution is 2.17. The SMILES string of the molecule is CC/C=C\C/C=C\C/C=C\C/C=C\C/C=C\C/C=C\C/C=C\CCCCCCCCCC(=O)OC(CO)COC(=O)CCCCCCCCCCCCCCCCCCCCCCCCCCCC. The maximum Gasteiger partial charge on any atom is 0.306 e. The number of allylic oxidation sites excluding steroid dienone is 14. The third-order valence-corrected chi connectivity index (χ3v) is 13.0. The van der Waals surface area contributed by atoms with Gasteiger partial charge in [0.1, 0.15) is 6.61 Å². The van der Waals surface area contributed by atoms with Gasteiger partial charge in [0.15, 0.2) is 6.10 Å². The van der Waals surface area contributed by atoms with E-state index in [4.69, 9.17) is 9.47 Å². The van der Waals surface area contributed by atoms with E-state index in [0.29, 0.717) is 12.8 Å². The Balaban J connectivity index is 3.52. The van der Waals surface area contributed by atoms with Crippen LogP contribution in [-0.4, -0.2) is 36.4 Å². The van der Waals surface area contributed by atoms with E-state index >= 15 is 0 Å². The first-order chi connectivity index (χ1) is 34.1. The highest BCUT2D eigenvalue weighted by molar-refractivity contribution is 5.70. The van der Waals surface area contributed by atoms with Gasteiger partial charge < -0.3 is 14.6 Å². The van der Waals surface area contributed by atoms with Crippen LogP contribution in [-0.2, 0) is 19.1 Å². The molecule has 0 spiro atoms. The Labute approximate surface area is 428 Å². The summed E-state index contributed by atoms with van der Waals surface area (Å²) in [5.74, 6) is -0.595. The van der Waals surface area contributed by atoms with E-state index in [0.717, 1.165) is 89.9 Å². The number of esters is 2. The Hall–Kier alpha value is -2.92. The van der Waals surface area contributed by atoms with Crippen LogP contribution in [0.4, 0.5) is 0 Å². The van der Waals surface area contributed by atoms with Crippen LogP contribution in [0.2, 0.25) is 0 Å². The Bertz CT molecular complexity index is 1270. The summed E-state index contributed by atoms with van der Waals surface area (Å²) in [6.45, 7) is 4.05. The molecule has 0 amide bonds. The number of aliphatic hydroxyl groups excluding tert-OH is 1. The molecule has 0 aliphatic heterocycles. The van der Waals surface area contributed by atoms with Gasteiger partial charge in [-0.1, -0.05) is 292 Å². The predicted molar refractivity (Wildman–Crippen MR) is 302 cm³/mol. The number of hydrogen-bond acceptors (Lipinski definition) is 5. The van der Waals surface area contributed by atoms with Crippen molar-refractivity contribution >= 4 is 11.9 Å². The van der Waals surface area contributed by atoms with Crippen molar-refractivity contribution in [2.45, 2.75) is 296 Å². The molecule has 0 saturated heterocycles. The van der Waals surface area contributed by atoms with Crippen LogP contribution in [0.1, 0.15) is 290 Å². The van der Waals surface area contributed by atoms with Crippen molar-refractivity contribution in [2.75, 3.05) is 13.2 Å². The molecule has 0 aromatic heterocycles. The minimum absolute atomic E-state index is 0.0712. The van der Waals surface area contributed by atoms with Crippen LogP contribution in [0.5, 0.6) is 0 Å². The molecule has 0 bridgehead atoms. The van der Waals surface area contributed by atoms with Crippen molar-refractivity contribution in [1.82, 2.24) is 0 Å². The van der Waals surface area contributed by atoms with Crippen molar-refractivity contribution in [3.05, 3.63) is 85.1 Å². The molecule has 1 atom stereocenters. The zero-order valence-corrected chi connectivity index (χ0v) is 45.6. The lowest BCUT2D eigenvalue weighted by atomic mass is 10.0. The van der Waals surface area contributed by atoms with E-state index in [-0.39, 0.29) is 25.2 Å². The minimum Gasteiger partial charge on any atom is -0.462 e. The average Bonchev–Trinajstić information content (AvgIpc) is 3.35. The van der Waals surface area contributed by atoms with Crippen molar-refractivity contribution in [3.63, 3.8) is 0 Å². The molecule has 0 heterocycles. The lowest BCUT2D eigenvalue weighted by Gasteiger charge is -2.15. The molecule has 398 valence electrons. The Kier molecular flexibility index (Phi) is 56.9. The number of hydrogen-bond donors (Lipinski definition) is 1. The van der Waals surface area contributed by atoms with Crippen molar-refractivity contribution in [1.29, 1.82) is 0 Å². The lowest BCUT2D eigenvalue weighted by molar-refractivity contribution is -0.161.